The molecule has 5 aromatic carbocycles. The second-order valence-corrected chi connectivity index (χ2v) is 16.5. The Balaban J connectivity index is 1.00. The molecule has 1 aliphatic carbocycles. The van der Waals surface area contributed by atoms with Crippen molar-refractivity contribution in [2.24, 2.45) is 0 Å². The predicted molar refractivity (Wildman–Crippen MR) is 238 cm³/mol. The summed E-state index contributed by atoms with van der Waals surface area (Å²) in [6.45, 7) is 0. The van der Waals surface area contributed by atoms with Gasteiger partial charge < -0.3 is 4.90 Å². The van der Waals surface area contributed by atoms with Crippen LogP contribution in [0.2, 0.25) is 0 Å². The lowest BCUT2D eigenvalue weighted by atomic mass is 9.65. The number of hydrogen-bond acceptors (Lipinski definition) is 7. The average Bonchev–Trinajstić information content (AvgIpc) is 4.04. The molecule has 7 heteroatoms. The fourth-order valence-corrected chi connectivity index (χ4v) is 11.1. The van der Waals surface area contributed by atoms with Crippen LogP contribution in [0, 0.1) is 0 Å². The molecule has 5 nitrogen and oxygen atoms in total. The molecule has 272 valence electrons. The van der Waals surface area contributed by atoms with Gasteiger partial charge in [0.2, 0.25) is 0 Å². The second-order valence-electron chi connectivity index (χ2n) is 14.7. The molecule has 0 saturated carbocycles. The summed E-state index contributed by atoms with van der Waals surface area (Å²) in [5.74, 6) is 0.675. The zero-order chi connectivity index (χ0) is 38.2. The Kier molecular flexibility index (Phi) is 7.42. The van der Waals surface area contributed by atoms with Crippen LogP contribution >= 0.6 is 22.7 Å². The SMILES string of the molecule is c1ccc(-c2cc(-c3ccc(N4c5ccccc5C5(c6cc7cccnc7cc64)c4ccsc4-c4sccc45)cc3)nc(-c3ccc(-c4ccccn4)cc3)n2)cc1. The van der Waals surface area contributed by atoms with Gasteiger partial charge in [0.15, 0.2) is 5.82 Å². The number of aromatic nitrogens is 4. The molecule has 0 radical (unpaired) electrons. The van der Waals surface area contributed by atoms with Crippen LogP contribution < -0.4 is 4.90 Å². The van der Waals surface area contributed by atoms with Gasteiger partial charge in [-0.2, -0.15) is 0 Å². The molecule has 12 rings (SSSR count). The summed E-state index contributed by atoms with van der Waals surface area (Å²) < 4.78 is 0. The number of benzene rings is 5. The van der Waals surface area contributed by atoms with Gasteiger partial charge in [-0.25, -0.2) is 9.97 Å². The third-order valence-corrected chi connectivity index (χ3v) is 13.6. The summed E-state index contributed by atoms with van der Waals surface area (Å²) in [6.07, 6.45) is 3.71. The largest absolute Gasteiger partial charge is 0.310 e. The maximum absolute atomic E-state index is 5.18. The van der Waals surface area contributed by atoms with E-state index in [1.807, 2.05) is 77.5 Å². The van der Waals surface area contributed by atoms with E-state index in [-0.39, 0.29) is 0 Å². The Labute approximate surface area is 343 Å². The van der Waals surface area contributed by atoms with E-state index in [1.165, 1.54) is 37.7 Å². The van der Waals surface area contributed by atoms with Crippen molar-refractivity contribution in [3.8, 4) is 54.9 Å². The van der Waals surface area contributed by atoms with Crippen LogP contribution in [0.3, 0.4) is 0 Å². The molecule has 0 unspecified atom stereocenters. The molecular weight excluding hydrogens is 747 g/mol. The highest BCUT2D eigenvalue weighted by molar-refractivity contribution is 7.21. The molecule has 0 atom stereocenters. The minimum Gasteiger partial charge on any atom is -0.310 e. The van der Waals surface area contributed by atoms with Gasteiger partial charge in [-0.1, -0.05) is 97.1 Å². The van der Waals surface area contributed by atoms with Crippen LogP contribution in [0.4, 0.5) is 17.1 Å². The number of fused-ring (bicyclic) bond motifs is 10. The third-order valence-electron chi connectivity index (χ3n) is 11.6. The first-order chi connectivity index (χ1) is 28.7. The monoisotopic (exact) mass is 777 g/mol. The van der Waals surface area contributed by atoms with Crippen LogP contribution in [0.1, 0.15) is 22.3 Å². The molecule has 6 heterocycles. The van der Waals surface area contributed by atoms with E-state index in [4.69, 9.17) is 15.0 Å². The highest BCUT2D eigenvalue weighted by Gasteiger charge is 2.53. The summed E-state index contributed by atoms with van der Waals surface area (Å²) in [4.78, 5) is 24.8. The highest BCUT2D eigenvalue weighted by Crippen LogP contribution is 2.65. The van der Waals surface area contributed by atoms with Crippen molar-refractivity contribution in [1.29, 1.82) is 0 Å². The van der Waals surface area contributed by atoms with Gasteiger partial charge in [-0.05, 0) is 99.7 Å². The van der Waals surface area contributed by atoms with Crippen molar-refractivity contribution in [3.63, 3.8) is 0 Å². The quantitative estimate of drug-likeness (QED) is 0.174. The van der Waals surface area contributed by atoms with Crippen LogP contribution in [-0.2, 0) is 5.41 Å². The van der Waals surface area contributed by atoms with Crippen LogP contribution in [0.5, 0.6) is 0 Å². The number of anilines is 3. The molecule has 1 aliphatic heterocycles. The van der Waals surface area contributed by atoms with E-state index in [2.05, 4.69) is 142 Å². The number of rotatable bonds is 5. The first-order valence-electron chi connectivity index (χ1n) is 19.3. The van der Waals surface area contributed by atoms with E-state index in [0.29, 0.717) is 5.82 Å². The number of para-hydroxylation sites is 1. The van der Waals surface area contributed by atoms with Gasteiger partial charge in [0.1, 0.15) is 0 Å². The lowest BCUT2D eigenvalue weighted by Crippen LogP contribution is -2.35. The lowest BCUT2D eigenvalue weighted by Gasteiger charge is -2.44. The van der Waals surface area contributed by atoms with E-state index in [9.17, 15) is 0 Å². The van der Waals surface area contributed by atoms with Crippen LogP contribution in [0.15, 0.2) is 187 Å². The van der Waals surface area contributed by atoms with Gasteiger partial charge in [0, 0.05) is 55.5 Å². The first-order valence-corrected chi connectivity index (χ1v) is 21.0. The van der Waals surface area contributed by atoms with E-state index in [1.54, 1.807) is 0 Å². The van der Waals surface area contributed by atoms with Crippen molar-refractivity contribution in [1.82, 2.24) is 19.9 Å². The Morgan fingerprint density at radius 1 is 0.431 bits per heavy atom. The predicted octanol–water partition coefficient (Wildman–Crippen LogP) is 13.4. The second kappa shape index (κ2) is 13.0. The number of pyridine rings is 2. The molecule has 10 aromatic rings. The summed E-state index contributed by atoms with van der Waals surface area (Å²) in [7, 11) is 0. The molecule has 0 amide bonds. The number of hydrogen-bond donors (Lipinski definition) is 0. The van der Waals surface area contributed by atoms with Crippen molar-refractivity contribution in [3.05, 3.63) is 209 Å². The van der Waals surface area contributed by atoms with Crippen LogP contribution in [0.25, 0.3) is 65.8 Å². The van der Waals surface area contributed by atoms with E-state index < -0.39 is 5.41 Å². The molecule has 1 spiro atoms. The molecular formula is C51H31N5S2. The van der Waals surface area contributed by atoms with Gasteiger partial charge >= 0.3 is 0 Å². The molecule has 0 bridgehead atoms. The maximum Gasteiger partial charge on any atom is 0.160 e. The molecule has 0 saturated heterocycles. The summed E-state index contributed by atoms with van der Waals surface area (Å²) in [5.41, 5.74) is 15.9. The van der Waals surface area contributed by atoms with E-state index in [0.717, 1.165) is 61.6 Å². The third kappa shape index (κ3) is 4.94. The molecule has 5 aromatic heterocycles. The van der Waals surface area contributed by atoms with Gasteiger partial charge in [-0.3, -0.25) is 9.97 Å². The van der Waals surface area contributed by atoms with Gasteiger partial charge in [-0.15, -0.1) is 22.7 Å². The minimum absolute atomic E-state index is 0.432. The molecule has 0 fully saturated rings. The van der Waals surface area contributed by atoms with Gasteiger partial charge in [0.25, 0.3) is 0 Å². The molecule has 0 N–H and O–H groups in total. The fourth-order valence-electron chi connectivity index (χ4n) is 9.01. The Bertz CT molecular complexity index is 3130. The minimum atomic E-state index is -0.432. The Morgan fingerprint density at radius 2 is 1.07 bits per heavy atom. The topological polar surface area (TPSA) is 54.8 Å². The van der Waals surface area contributed by atoms with Crippen molar-refractivity contribution >= 4 is 50.6 Å². The first kappa shape index (κ1) is 33.1. The Morgan fingerprint density at radius 3 is 1.81 bits per heavy atom. The standard InChI is InChI=1S/C51H31N5S2/c1-2-9-32(10-3-1)44-30-45(55-50(54-44)35-17-15-33(16-18-35)42-13-6-7-25-52-42)34-19-21-37(22-20-34)56-46-14-5-4-12-38(46)51(39-23-27-57-48(39)49-40(51)24-28-58-49)41-29-36-11-8-26-53-43(36)31-47(41)56/h1-31H. The fraction of sp³-hybridized carbons (Fsp3) is 0.0196. The lowest BCUT2D eigenvalue weighted by molar-refractivity contribution is 0.757. The smallest absolute Gasteiger partial charge is 0.160 e. The average molecular weight is 778 g/mol. The van der Waals surface area contributed by atoms with Gasteiger partial charge in [0.05, 0.1) is 39.4 Å². The highest BCUT2D eigenvalue weighted by atomic mass is 32.1. The Hall–Kier alpha value is -7.06. The number of thiophene rings is 2. The van der Waals surface area contributed by atoms with Crippen molar-refractivity contribution in [2.45, 2.75) is 5.41 Å². The van der Waals surface area contributed by atoms with Crippen LogP contribution in [-0.4, -0.2) is 19.9 Å². The van der Waals surface area contributed by atoms with Crippen molar-refractivity contribution in [2.75, 3.05) is 4.90 Å². The normalized spacial score (nSPS) is 13.3. The van der Waals surface area contributed by atoms with E-state index >= 15 is 0 Å². The zero-order valence-electron chi connectivity index (χ0n) is 31.0. The van der Waals surface area contributed by atoms with Crippen molar-refractivity contribution < 1.29 is 0 Å². The zero-order valence-corrected chi connectivity index (χ0v) is 32.6. The molecule has 2 aliphatic rings. The summed E-state index contributed by atoms with van der Waals surface area (Å²) in [5, 5.41) is 5.64. The maximum atomic E-state index is 5.18. The summed E-state index contributed by atoms with van der Waals surface area (Å²) in [6, 6.07) is 58.1. The molecule has 58 heavy (non-hydrogen) atoms. The number of nitrogens with zero attached hydrogens (tertiary/aromatic N) is 5. The summed E-state index contributed by atoms with van der Waals surface area (Å²) >= 11 is 3.69.